The van der Waals surface area contributed by atoms with Crippen molar-refractivity contribution in [1.29, 1.82) is 0 Å². The van der Waals surface area contributed by atoms with Gasteiger partial charge in [-0.15, -0.1) is 0 Å². The minimum atomic E-state index is -1.15. The minimum absolute atomic E-state index is 0.151. The molecule has 0 spiro atoms. The lowest BCUT2D eigenvalue weighted by atomic mass is 10.0. The van der Waals surface area contributed by atoms with E-state index in [2.05, 4.69) is 37.2 Å². The average molecular weight is 1340 g/mol. The quantitative estimate of drug-likeness (QED) is 0.0487. The zero-order valence-corrected chi connectivity index (χ0v) is 53.6. The second kappa shape index (κ2) is 26.7. The topological polar surface area (TPSA) is 355 Å². The van der Waals surface area contributed by atoms with Gasteiger partial charge in [0, 0.05) is 88.4 Å². The lowest BCUT2D eigenvalue weighted by Crippen LogP contribution is -2.48. The fourth-order valence-electron chi connectivity index (χ4n) is 12.1. The van der Waals surface area contributed by atoms with Crippen LogP contribution < -0.4 is 94.1 Å². The molecular weight excluding hydrogens is 1270 g/mol. The summed E-state index contributed by atoms with van der Waals surface area (Å²) in [4.78, 5) is 87.7. The Morgan fingerprint density at radius 2 is 0.510 bits per heavy atom. The van der Waals surface area contributed by atoms with Gasteiger partial charge >= 0.3 is 0 Å². The van der Waals surface area contributed by atoms with Gasteiger partial charge in [0.15, 0.2) is 117 Å². The summed E-state index contributed by atoms with van der Waals surface area (Å²) in [5.41, 5.74) is 3.71. The van der Waals surface area contributed by atoms with Gasteiger partial charge in [-0.25, -0.2) is 0 Å². The van der Waals surface area contributed by atoms with Gasteiger partial charge in [0.2, 0.25) is 78.7 Å². The van der Waals surface area contributed by atoms with Crippen LogP contribution in [0.2, 0.25) is 0 Å². The first-order valence-electron chi connectivity index (χ1n) is 31.2. The Labute approximate surface area is 559 Å². The van der Waals surface area contributed by atoms with Crippen LogP contribution in [0.15, 0.2) is 127 Å². The molecule has 6 aliphatic rings. The number of ether oxygens (including phenoxy) is 12. The van der Waals surface area contributed by atoms with Crippen LogP contribution in [0.25, 0.3) is 0 Å². The van der Waals surface area contributed by atoms with E-state index in [1.54, 1.807) is 97.1 Å². The normalized spacial score (nSPS) is 23.3. The molecule has 0 radical (unpaired) electrons. The molecule has 12 atom stereocenters. The number of aromatic hydroxyl groups is 2. The molecule has 28 nitrogen and oxygen atoms in total. The summed E-state index contributed by atoms with van der Waals surface area (Å²) in [6, 6.07) is 34.6. The third kappa shape index (κ3) is 13.8. The van der Waals surface area contributed by atoms with Crippen molar-refractivity contribution >= 4 is 41.4 Å². The molecular formula is C70H67N7O21. The van der Waals surface area contributed by atoms with E-state index in [4.69, 9.17) is 56.8 Å². The first-order valence-corrected chi connectivity index (χ1v) is 31.2. The van der Waals surface area contributed by atoms with Gasteiger partial charge in [-0.1, -0.05) is 42.5 Å². The van der Waals surface area contributed by atoms with Crippen LogP contribution in [0.4, 0.5) is 0 Å². The van der Waals surface area contributed by atoms with Crippen molar-refractivity contribution < 1.29 is 101 Å². The van der Waals surface area contributed by atoms with Gasteiger partial charge in [-0.05, 0) is 96.9 Å². The number of fused-ring (bicyclic) bond motifs is 6. The summed E-state index contributed by atoms with van der Waals surface area (Å²) in [6.07, 6.45) is -11.8. The van der Waals surface area contributed by atoms with Crippen molar-refractivity contribution in [2.45, 2.75) is 129 Å². The molecule has 0 aliphatic carbocycles. The van der Waals surface area contributed by atoms with Crippen LogP contribution in [-0.2, 0) is 40.0 Å². The number of rotatable bonds is 15. The number of phenolic OH excluding ortho intramolecular Hbond substituents is 2. The Hall–Kier alpha value is -12.0. The molecule has 0 aromatic heterocycles. The molecule has 98 heavy (non-hydrogen) atoms. The molecule has 7 amide bonds. The maximum Gasteiger partial charge on any atom is 0.219 e. The Balaban J connectivity index is 0.747. The predicted octanol–water partition coefficient (Wildman–Crippen LogP) is 6.62. The summed E-state index contributed by atoms with van der Waals surface area (Å²) in [7, 11) is 0. The standard InChI is InChI=1S/C70H67N7O21/c1-31(78)71-23-22-38-8-16-49-53(24-38)89-62(66(93-49)73-33(3)80)41-13-20-51-55(27-41)91-63(67(95-51)74-34(4)81)42-14-21-52-56(28-42)92-64(68(96-52)75-35(5)82)44-11-18-48-58(30-44)98-70(77-37(7)84)61(88-48)43-10-17-47-57(29-43)97-69(76-36(6)83)60(87-47)40-12-19-50-54(26-40)90-59(65(94-50)72-32(2)79)39-9-15-45(85)46(86)25-39/h8-21,24-30,59-70,85-86H,22-23H2,1-7H3,(H,71,78)(H,72,79)(H,73,80)(H,74,81)(H,75,82)(H,76,83)(H,77,84)/t59?,60?,61-,62-,63+,64-,65?,66+,67-,68+,69?,70-/m1/s1. The lowest BCUT2D eigenvalue weighted by molar-refractivity contribution is -0.125. The van der Waals surface area contributed by atoms with Gasteiger partial charge in [-0.2, -0.15) is 0 Å². The third-order valence-corrected chi connectivity index (χ3v) is 16.4. The SMILES string of the molecule is CC(=O)NCCc1ccc2c(c1)O[C@H](c1ccc3c(c1)O[C@@H](c1ccc4c(c1)O[C@H](c1ccc5c(c1)O[C@@H](NC(C)=O)[C@@H](c1ccc6c(c1)OC(NC(C)=O)C(c1ccc7c(c1)OC(c1ccc(O)c(O)c1)C(NC(C)=O)O7)O6)O5)[C@@H](NC(C)=O)O4)[C@H](NC(C)=O)O3)[C@@H](NC(C)=O)O2. The van der Waals surface area contributed by atoms with E-state index in [-0.39, 0.29) is 69.3 Å². The van der Waals surface area contributed by atoms with E-state index in [0.29, 0.717) is 63.6 Å². The number of hydrogen-bond donors (Lipinski definition) is 9. The monoisotopic (exact) mass is 1340 g/mol. The number of benzene rings is 7. The van der Waals surface area contributed by atoms with E-state index in [0.717, 1.165) is 5.56 Å². The predicted molar refractivity (Wildman–Crippen MR) is 340 cm³/mol. The van der Waals surface area contributed by atoms with Crippen LogP contribution in [-0.4, -0.2) is 95.5 Å². The van der Waals surface area contributed by atoms with Crippen molar-refractivity contribution in [3.63, 3.8) is 0 Å². The Bertz CT molecular complexity index is 4360. The second-order valence-electron chi connectivity index (χ2n) is 24.0. The van der Waals surface area contributed by atoms with Crippen molar-refractivity contribution in [2.24, 2.45) is 0 Å². The fourth-order valence-corrected chi connectivity index (χ4v) is 12.1. The number of carbonyl (C=O) groups is 7. The molecule has 6 aliphatic heterocycles. The van der Waals surface area contributed by atoms with Crippen molar-refractivity contribution in [3.05, 3.63) is 166 Å². The van der Waals surface area contributed by atoms with Gasteiger partial charge < -0.3 is 104 Å². The molecule has 0 saturated carbocycles. The van der Waals surface area contributed by atoms with Crippen molar-refractivity contribution in [2.75, 3.05) is 6.54 Å². The summed E-state index contributed by atoms with van der Waals surface area (Å²) in [6.45, 7) is 9.87. The Kier molecular flexibility index (Phi) is 17.6. The van der Waals surface area contributed by atoms with E-state index < -0.39 is 109 Å². The molecule has 28 heteroatoms. The van der Waals surface area contributed by atoms with Crippen LogP contribution in [0.5, 0.6) is 80.5 Å². The van der Waals surface area contributed by atoms with Gasteiger partial charge in [0.1, 0.15) is 0 Å². The summed E-state index contributed by atoms with van der Waals surface area (Å²) in [5.74, 6) is -0.0929. The van der Waals surface area contributed by atoms with Gasteiger partial charge in [0.05, 0.1) is 0 Å². The molecule has 7 aromatic rings. The highest BCUT2D eigenvalue weighted by molar-refractivity contribution is 5.76. The molecule has 0 saturated heterocycles. The zero-order chi connectivity index (χ0) is 68.8. The number of nitrogens with one attached hydrogen (secondary N) is 7. The molecule has 0 fully saturated rings. The maximum absolute atomic E-state index is 12.9. The van der Waals surface area contributed by atoms with Crippen LogP contribution in [0.3, 0.4) is 0 Å². The fraction of sp³-hybridized carbons (Fsp3) is 0.300. The molecule has 0 bridgehead atoms. The smallest absolute Gasteiger partial charge is 0.219 e. The van der Waals surface area contributed by atoms with Gasteiger partial charge in [-0.3, -0.25) is 33.6 Å². The van der Waals surface area contributed by atoms with Crippen molar-refractivity contribution in [3.8, 4) is 80.5 Å². The lowest BCUT2D eigenvalue weighted by Gasteiger charge is -2.38. The van der Waals surface area contributed by atoms with Crippen LogP contribution in [0.1, 0.15) is 124 Å². The second-order valence-corrected chi connectivity index (χ2v) is 24.0. The van der Waals surface area contributed by atoms with Crippen LogP contribution >= 0.6 is 0 Å². The highest BCUT2D eigenvalue weighted by Crippen LogP contribution is 2.51. The molecule has 508 valence electrons. The number of carbonyl (C=O) groups excluding carboxylic acids is 7. The number of phenols is 2. The summed E-state index contributed by atoms with van der Waals surface area (Å²) in [5, 5.41) is 40.0. The number of amides is 7. The molecule has 6 heterocycles. The molecule has 4 unspecified atom stereocenters. The molecule has 13 rings (SSSR count). The van der Waals surface area contributed by atoms with E-state index in [1.807, 2.05) is 12.1 Å². The highest BCUT2D eigenvalue weighted by atomic mass is 16.6. The summed E-state index contributed by atoms with van der Waals surface area (Å²) >= 11 is 0. The first-order chi connectivity index (χ1) is 47.0. The maximum atomic E-state index is 12.9. The molecule has 9 N–H and O–H groups in total. The Morgan fingerprint density at radius 3 is 0.796 bits per heavy atom. The molecule has 7 aromatic carbocycles. The van der Waals surface area contributed by atoms with E-state index in [9.17, 15) is 43.8 Å². The van der Waals surface area contributed by atoms with Gasteiger partial charge in [0.25, 0.3) is 0 Å². The third-order valence-electron chi connectivity index (χ3n) is 16.4. The van der Waals surface area contributed by atoms with E-state index in [1.165, 1.54) is 66.7 Å². The van der Waals surface area contributed by atoms with Crippen molar-refractivity contribution in [1.82, 2.24) is 37.2 Å². The number of hydrogen-bond acceptors (Lipinski definition) is 21. The average Bonchev–Trinajstić information content (AvgIpc) is 0.771. The summed E-state index contributed by atoms with van der Waals surface area (Å²) < 4.78 is 78.2. The largest absolute Gasteiger partial charge is 0.504 e. The first kappa shape index (κ1) is 64.7. The highest BCUT2D eigenvalue weighted by Gasteiger charge is 2.44. The minimum Gasteiger partial charge on any atom is -0.504 e. The van der Waals surface area contributed by atoms with Crippen LogP contribution in [0, 0.1) is 0 Å². The zero-order valence-electron chi connectivity index (χ0n) is 53.6. The Morgan fingerprint density at radius 1 is 0.276 bits per heavy atom. The van der Waals surface area contributed by atoms with E-state index >= 15 is 0 Å².